The van der Waals surface area contributed by atoms with E-state index < -0.39 is 0 Å². The molecule has 1 aliphatic rings. The highest BCUT2D eigenvalue weighted by Crippen LogP contribution is 2.31. The van der Waals surface area contributed by atoms with Gasteiger partial charge in [-0.15, -0.1) is 0 Å². The second-order valence-electron chi connectivity index (χ2n) is 4.46. The monoisotopic (exact) mass is 223 g/mol. The fraction of sp³-hybridized carbons (Fsp3) is 0.538. The number of nitrogens with two attached hydrogens (primary N) is 1. The summed E-state index contributed by atoms with van der Waals surface area (Å²) in [6.45, 7) is 0. The highest BCUT2D eigenvalue weighted by molar-refractivity contribution is 6.30. The Morgan fingerprint density at radius 2 is 1.67 bits per heavy atom. The summed E-state index contributed by atoms with van der Waals surface area (Å²) in [5, 5.41) is 0.806. The van der Waals surface area contributed by atoms with Crippen molar-refractivity contribution < 1.29 is 0 Å². The van der Waals surface area contributed by atoms with E-state index in [1.54, 1.807) is 0 Å². The van der Waals surface area contributed by atoms with Crippen molar-refractivity contribution in [3.8, 4) is 0 Å². The van der Waals surface area contributed by atoms with Gasteiger partial charge in [-0.1, -0.05) is 43.0 Å². The minimum Gasteiger partial charge on any atom is -0.327 e. The first-order chi connectivity index (χ1) is 7.27. The van der Waals surface area contributed by atoms with Gasteiger partial charge in [0.25, 0.3) is 0 Å². The molecule has 0 aromatic heterocycles. The minimum atomic E-state index is 0.327. The predicted molar refractivity (Wildman–Crippen MR) is 65.3 cm³/mol. The largest absolute Gasteiger partial charge is 0.327 e. The first-order valence-electron chi connectivity index (χ1n) is 5.78. The Balaban J connectivity index is 2.16. The molecule has 1 nitrogen and oxygen atoms in total. The van der Waals surface area contributed by atoms with E-state index in [0.29, 0.717) is 12.0 Å². The summed E-state index contributed by atoms with van der Waals surface area (Å²) in [5.74, 6) is 0.532. The first-order valence-corrected chi connectivity index (χ1v) is 6.16. The molecule has 0 heterocycles. The fourth-order valence-electron chi connectivity index (χ4n) is 2.46. The average Bonchev–Trinajstić information content (AvgIpc) is 2.44. The molecule has 1 saturated carbocycles. The Labute approximate surface area is 96.6 Å². The number of hydrogen-bond acceptors (Lipinski definition) is 1. The zero-order valence-corrected chi connectivity index (χ0v) is 9.71. The molecular weight excluding hydrogens is 206 g/mol. The lowest BCUT2D eigenvalue weighted by molar-refractivity contribution is 0.505. The third kappa shape index (κ3) is 2.73. The van der Waals surface area contributed by atoms with Crippen LogP contribution in [0.1, 0.15) is 43.6 Å². The van der Waals surface area contributed by atoms with Crippen molar-refractivity contribution in [1.82, 2.24) is 0 Å². The highest BCUT2D eigenvalue weighted by Gasteiger charge is 2.21. The Hall–Kier alpha value is -0.530. The van der Waals surface area contributed by atoms with Crippen LogP contribution in [-0.4, -0.2) is 6.04 Å². The molecule has 0 radical (unpaired) electrons. The van der Waals surface area contributed by atoms with Crippen molar-refractivity contribution >= 4 is 11.6 Å². The van der Waals surface area contributed by atoms with Gasteiger partial charge in [-0.05, 0) is 36.5 Å². The van der Waals surface area contributed by atoms with Crippen LogP contribution in [0.15, 0.2) is 24.3 Å². The van der Waals surface area contributed by atoms with Crippen molar-refractivity contribution in [2.45, 2.75) is 44.1 Å². The molecule has 0 saturated heterocycles. The summed E-state index contributed by atoms with van der Waals surface area (Å²) in [7, 11) is 0. The normalized spacial score (nSPS) is 27.3. The van der Waals surface area contributed by atoms with Gasteiger partial charge in [0.15, 0.2) is 0 Å². The molecule has 1 aromatic carbocycles. The summed E-state index contributed by atoms with van der Waals surface area (Å²) in [6.07, 6.45) is 6.31. The molecule has 82 valence electrons. The van der Waals surface area contributed by atoms with E-state index in [1.165, 1.54) is 31.2 Å². The quantitative estimate of drug-likeness (QED) is 0.722. The van der Waals surface area contributed by atoms with Crippen LogP contribution in [-0.2, 0) is 0 Å². The van der Waals surface area contributed by atoms with Crippen LogP contribution in [0, 0.1) is 0 Å². The molecule has 2 unspecified atom stereocenters. The lowest BCUT2D eigenvalue weighted by Gasteiger charge is -2.21. The van der Waals surface area contributed by atoms with E-state index in [2.05, 4.69) is 12.1 Å². The molecule has 15 heavy (non-hydrogen) atoms. The van der Waals surface area contributed by atoms with E-state index in [4.69, 9.17) is 17.3 Å². The third-order valence-corrected chi connectivity index (χ3v) is 3.62. The zero-order chi connectivity index (χ0) is 10.7. The van der Waals surface area contributed by atoms with Gasteiger partial charge in [0.05, 0.1) is 0 Å². The maximum Gasteiger partial charge on any atom is 0.0406 e. The standard InChI is InChI=1S/C13H18ClN/c14-11-8-6-10(7-9-11)12-4-2-1-3-5-13(12)15/h6-9,12-13H,1-5,15H2. The molecule has 0 bridgehead atoms. The van der Waals surface area contributed by atoms with Gasteiger partial charge in [0, 0.05) is 11.1 Å². The van der Waals surface area contributed by atoms with Gasteiger partial charge >= 0.3 is 0 Å². The SMILES string of the molecule is NC1CCCCCC1c1ccc(Cl)cc1. The number of halogens is 1. The maximum atomic E-state index is 6.22. The molecular formula is C13H18ClN. The molecule has 0 amide bonds. The molecule has 2 atom stereocenters. The van der Waals surface area contributed by atoms with E-state index in [9.17, 15) is 0 Å². The highest BCUT2D eigenvalue weighted by atomic mass is 35.5. The Morgan fingerprint density at radius 1 is 1.00 bits per heavy atom. The molecule has 1 aromatic rings. The van der Waals surface area contributed by atoms with Gasteiger partial charge in [-0.3, -0.25) is 0 Å². The van der Waals surface area contributed by atoms with Gasteiger partial charge < -0.3 is 5.73 Å². The summed E-state index contributed by atoms with van der Waals surface area (Å²) in [5.41, 5.74) is 7.57. The lowest BCUT2D eigenvalue weighted by atomic mass is 9.88. The summed E-state index contributed by atoms with van der Waals surface area (Å²) >= 11 is 5.89. The van der Waals surface area contributed by atoms with Crippen LogP contribution in [0.3, 0.4) is 0 Å². The topological polar surface area (TPSA) is 26.0 Å². The van der Waals surface area contributed by atoms with Gasteiger partial charge in [0.2, 0.25) is 0 Å². The van der Waals surface area contributed by atoms with Crippen molar-refractivity contribution in [3.05, 3.63) is 34.9 Å². The van der Waals surface area contributed by atoms with Gasteiger partial charge in [-0.2, -0.15) is 0 Å². The molecule has 0 aliphatic heterocycles. The fourth-order valence-corrected chi connectivity index (χ4v) is 2.59. The van der Waals surface area contributed by atoms with Gasteiger partial charge in [-0.25, -0.2) is 0 Å². The maximum absolute atomic E-state index is 6.22. The second-order valence-corrected chi connectivity index (χ2v) is 4.90. The van der Waals surface area contributed by atoms with Crippen LogP contribution in [0.2, 0.25) is 5.02 Å². The third-order valence-electron chi connectivity index (χ3n) is 3.37. The van der Waals surface area contributed by atoms with Crippen LogP contribution in [0.25, 0.3) is 0 Å². The number of benzene rings is 1. The van der Waals surface area contributed by atoms with Crippen molar-refractivity contribution in [3.63, 3.8) is 0 Å². The van der Waals surface area contributed by atoms with E-state index in [0.717, 1.165) is 11.4 Å². The predicted octanol–water partition coefficient (Wildman–Crippen LogP) is 3.72. The summed E-state index contributed by atoms with van der Waals surface area (Å²) in [4.78, 5) is 0. The van der Waals surface area contributed by atoms with Gasteiger partial charge in [0.1, 0.15) is 0 Å². The molecule has 1 fully saturated rings. The smallest absolute Gasteiger partial charge is 0.0406 e. The molecule has 0 spiro atoms. The van der Waals surface area contributed by atoms with Crippen LogP contribution in [0.4, 0.5) is 0 Å². The number of hydrogen-bond donors (Lipinski definition) is 1. The second kappa shape index (κ2) is 5.00. The minimum absolute atomic E-state index is 0.327. The Morgan fingerprint density at radius 3 is 2.40 bits per heavy atom. The Kier molecular flexibility index (Phi) is 3.66. The van der Waals surface area contributed by atoms with Crippen LogP contribution < -0.4 is 5.73 Å². The summed E-state index contributed by atoms with van der Waals surface area (Å²) in [6, 6.07) is 8.51. The molecule has 2 heteroatoms. The molecule has 2 rings (SSSR count). The lowest BCUT2D eigenvalue weighted by Crippen LogP contribution is -2.27. The van der Waals surface area contributed by atoms with Crippen molar-refractivity contribution in [1.29, 1.82) is 0 Å². The van der Waals surface area contributed by atoms with E-state index in [1.807, 2.05) is 12.1 Å². The molecule has 2 N–H and O–H groups in total. The number of rotatable bonds is 1. The Bertz CT molecular complexity index is 307. The zero-order valence-electron chi connectivity index (χ0n) is 8.95. The van der Waals surface area contributed by atoms with Crippen molar-refractivity contribution in [2.24, 2.45) is 5.73 Å². The summed E-state index contributed by atoms with van der Waals surface area (Å²) < 4.78 is 0. The van der Waals surface area contributed by atoms with Crippen molar-refractivity contribution in [2.75, 3.05) is 0 Å². The van der Waals surface area contributed by atoms with Crippen LogP contribution in [0.5, 0.6) is 0 Å². The molecule has 1 aliphatic carbocycles. The first kappa shape index (κ1) is 11.0. The average molecular weight is 224 g/mol. The van der Waals surface area contributed by atoms with Crippen LogP contribution >= 0.6 is 11.6 Å². The van der Waals surface area contributed by atoms with E-state index >= 15 is 0 Å². The van der Waals surface area contributed by atoms with E-state index in [-0.39, 0.29) is 0 Å².